The number of pyridine rings is 1. The Morgan fingerprint density at radius 1 is 1.07 bits per heavy atom. The lowest BCUT2D eigenvalue weighted by atomic mass is 10.1. The van der Waals surface area contributed by atoms with Crippen molar-refractivity contribution in [2.24, 2.45) is 0 Å². The predicted molar refractivity (Wildman–Crippen MR) is 107 cm³/mol. The van der Waals surface area contributed by atoms with Gasteiger partial charge in [0.2, 0.25) is 0 Å². The number of hydrogen-bond acceptors (Lipinski definition) is 9. The van der Waals surface area contributed by atoms with E-state index in [2.05, 4.69) is 34.8 Å². The lowest BCUT2D eigenvalue weighted by Crippen LogP contribution is -2.18. The van der Waals surface area contributed by atoms with Gasteiger partial charge in [0, 0.05) is 11.1 Å². The second kappa shape index (κ2) is 10.6. The van der Waals surface area contributed by atoms with Crippen LogP contribution in [0.25, 0.3) is 0 Å². The maximum absolute atomic E-state index is 11.4. The zero-order chi connectivity index (χ0) is 21.3. The first-order chi connectivity index (χ1) is 13.2. The Balaban J connectivity index is 2.77. The van der Waals surface area contributed by atoms with E-state index in [9.17, 15) is 14.9 Å². The molecule has 9 heteroatoms. The van der Waals surface area contributed by atoms with Gasteiger partial charge in [-0.05, 0) is 26.3 Å². The SMILES string of the molecule is C=C(C)C(=O)OCCNc1nc(NCCOC(=O)C(=C)C)c(C#N)c(C)c1N. The van der Waals surface area contributed by atoms with Gasteiger partial charge >= 0.3 is 11.9 Å². The van der Waals surface area contributed by atoms with Gasteiger partial charge in [-0.2, -0.15) is 5.26 Å². The molecular weight excluding hydrogens is 362 g/mol. The Labute approximate surface area is 164 Å². The molecule has 1 rings (SSSR count). The van der Waals surface area contributed by atoms with Crippen LogP contribution in [0.4, 0.5) is 17.3 Å². The fourth-order valence-electron chi connectivity index (χ4n) is 1.99. The van der Waals surface area contributed by atoms with E-state index in [0.29, 0.717) is 39.6 Å². The molecule has 0 radical (unpaired) electrons. The molecule has 0 aliphatic heterocycles. The van der Waals surface area contributed by atoms with Gasteiger partial charge in [0.05, 0.1) is 24.3 Å². The smallest absolute Gasteiger partial charge is 0.333 e. The number of nitrogen functional groups attached to an aromatic ring is 1. The molecule has 0 aromatic carbocycles. The highest BCUT2D eigenvalue weighted by molar-refractivity contribution is 5.87. The van der Waals surface area contributed by atoms with E-state index in [4.69, 9.17) is 15.2 Å². The molecule has 0 saturated carbocycles. The molecule has 0 aliphatic rings. The number of rotatable bonds is 10. The molecule has 0 amide bonds. The standard InChI is InChI=1S/C19H25N5O4/c1-11(2)18(25)27-8-6-22-16-14(10-20)13(5)15(21)17(24-16)23-7-9-28-19(26)12(3)4/h1,3,6-9,21H2,2,4-5H3,(H2,22,23,24). The summed E-state index contributed by atoms with van der Waals surface area (Å²) < 4.78 is 9.99. The number of esters is 2. The molecule has 1 aromatic heterocycles. The van der Waals surface area contributed by atoms with Crippen molar-refractivity contribution in [2.75, 3.05) is 42.7 Å². The van der Waals surface area contributed by atoms with E-state index >= 15 is 0 Å². The molecule has 28 heavy (non-hydrogen) atoms. The van der Waals surface area contributed by atoms with E-state index < -0.39 is 11.9 Å². The van der Waals surface area contributed by atoms with Gasteiger partial charge < -0.3 is 25.8 Å². The maximum Gasteiger partial charge on any atom is 0.333 e. The third-order valence-corrected chi connectivity index (χ3v) is 3.56. The molecular formula is C19H25N5O4. The maximum atomic E-state index is 11.4. The fourth-order valence-corrected chi connectivity index (χ4v) is 1.99. The van der Waals surface area contributed by atoms with Gasteiger partial charge in [-0.15, -0.1) is 0 Å². The Hall–Kier alpha value is -3.54. The molecule has 0 atom stereocenters. The average Bonchev–Trinajstić information content (AvgIpc) is 2.65. The van der Waals surface area contributed by atoms with Crippen molar-refractivity contribution >= 4 is 29.3 Å². The van der Waals surface area contributed by atoms with Crippen LogP contribution in [0.3, 0.4) is 0 Å². The van der Waals surface area contributed by atoms with Crippen molar-refractivity contribution in [1.82, 2.24) is 4.98 Å². The number of nitrogens with two attached hydrogens (primary N) is 1. The normalized spacial score (nSPS) is 9.79. The van der Waals surface area contributed by atoms with Crippen LogP contribution in [-0.2, 0) is 19.1 Å². The van der Waals surface area contributed by atoms with Gasteiger partial charge in [-0.25, -0.2) is 14.6 Å². The van der Waals surface area contributed by atoms with Crippen LogP contribution >= 0.6 is 0 Å². The topological polar surface area (TPSA) is 139 Å². The van der Waals surface area contributed by atoms with E-state index in [1.54, 1.807) is 20.8 Å². The Kier molecular flexibility index (Phi) is 8.49. The molecule has 150 valence electrons. The lowest BCUT2D eigenvalue weighted by molar-refractivity contribution is -0.139. The number of anilines is 3. The van der Waals surface area contributed by atoms with Crippen molar-refractivity contribution in [3.05, 3.63) is 35.4 Å². The summed E-state index contributed by atoms with van der Waals surface area (Å²) >= 11 is 0. The number of hydrogen-bond donors (Lipinski definition) is 3. The molecule has 0 saturated heterocycles. The van der Waals surface area contributed by atoms with Crippen LogP contribution in [0.5, 0.6) is 0 Å². The first-order valence-electron chi connectivity index (χ1n) is 8.52. The number of carbonyl (C=O) groups excluding carboxylic acids is 2. The third kappa shape index (κ3) is 6.32. The molecule has 0 spiro atoms. The molecule has 4 N–H and O–H groups in total. The van der Waals surface area contributed by atoms with Gasteiger partial charge in [0.15, 0.2) is 5.82 Å². The summed E-state index contributed by atoms with van der Waals surface area (Å²) in [5.41, 5.74) is 7.83. The van der Waals surface area contributed by atoms with Gasteiger partial charge in [0.1, 0.15) is 25.1 Å². The van der Waals surface area contributed by atoms with Gasteiger partial charge in [-0.3, -0.25) is 0 Å². The minimum Gasteiger partial charge on any atom is -0.460 e. The Bertz CT molecular complexity index is 827. The van der Waals surface area contributed by atoms with Crippen LogP contribution in [0.15, 0.2) is 24.3 Å². The number of nitrogens with zero attached hydrogens (tertiary/aromatic N) is 2. The summed E-state index contributed by atoms with van der Waals surface area (Å²) in [6.07, 6.45) is 0. The van der Waals surface area contributed by atoms with Crippen molar-refractivity contribution in [3.63, 3.8) is 0 Å². The fraction of sp³-hybridized carbons (Fsp3) is 0.368. The summed E-state index contributed by atoms with van der Waals surface area (Å²) in [5.74, 6) is -0.313. The summed E-state index contributed by atoms with van der Waals surface area (Å²) in [5, 5.41) is 15.3. The minimum atomic E-state index is -0.490. The zero-order valence-corrected chi connectivity index (χ0v) is 16.3. The summed E-state index contributed by atoms with van der Waals surface area (Å²) in [4.78, 5) is 27.1. The summed E-state index contributed by atoms with van der Waals surface area (Å²) in [6, 6.07) is 2.06. The quantitative estimate of drug-likeness (QED) is 0.312. The number of nitrogens with one attached hydrogen (secondary N) is 2. The van der Waals surface area contributed by atoms with Crippen LogP contribution < -0.4 is 16.4 Å². The van der Waals surface area contributed by atoms with E-state index in [1.807, 2.05) is 0 Å². The number of carbonyl (C=O) groups is 2. The minimum absolute atomic E-state index is 0.0846. The monoisotopic (exact) mass is 387 g/mol. The average molecular weight is 387 g/mol. The highest BCUT2D eigenvalue weighted by Crippen LogP contribution is 2.28. The number of aromatic nitrogens is 1. The van der Waals surface area contributed by atoms with Crippen molar-refractivity contribution in [2.45, 2.75) is 20.8 Å². The number of nitriles is 1. The predicted octanol–water partition coefficient (Wildman–Crippen LogP) is 1.91. The molecule has 0 unspecified atom stereocenters. The Morgan fingerprint density at radius 2 is 1.54 bits per heavy atom. The van der Waals surface area contributed by atoms with E-state index in [0.717, 1.165) is 0 Å². The van der Waals surface area contributed by atoms with Crippen molar-refractivity contribution in [1.29, 1.82) is 5.26 Å². The summed E-state index contributed by atoms with van der Waals surface area (Å²) in [7, 11) is 0. The molecule has 1 aromatic rings. The number of ether oxygens (including phenoxy) is 2. The van der Waals surface area contributed by atoms with Crippen LogP contribution in [0.1, 0.15) is 25.0 Å². The highest BCUT2D eigenvalue weighted by Gasteiger charge is 2.15. The largest absolute Gasteiger partial charge is 0.460 e. The molecule has 1 heterocycles. The second-order valence-electron chi connectivity index (χ2n) is 6.02. The highest BCUT2D eigenvalue weighted by atomic mass is 16.5. The second-order valence-corrected chi connectivity index (χ2v) is 6.02. The first-order valence-corrected chi connectivity index (χ1v) is 8.52. The van der Waals surface area contributed by atoms with Crippen LogP contribution in [-0.4, -0.2) is 43.2 Å². The molecule has 0 fully saturated rings. The molecule has 0 bridgehead atoms. The van der Waals surface area contributed by atoms with E-state index in [1.165, 1.54) is 0 Å². The zero-order valence-electron chi connectivity index (χ0n) is 16.3. The summed E-state index contributed by atoms with van der Waals surface area (Å²) in [6.45, 7) is 12.5. The van der Waals surface area contributed by atoms with Crippen molar-refractivity contribution in [3.8, 4) is 6.07 Å². The first kappa shape index (κ1) is 22.5. The van der Waals surface area contributed by atoms with Gasteiger partial charge in [0.25, 0.3) is 0 Å². The molecule has 9 nitrogen and oxygen atoms in total. The van der Waals surface area contributed by atoms with Crippen LogP contribution in [0, 0.1) is 18.3 Å². The third-order valence-electron chi connectivity index (χ3n) is 3.56. The van der Waals surface area contributed by atoms with Crippen molar-refractivity contribution < 1.29 is 19.1 Å². The Morgan fingerprint density at radius 3 is 1.96 bits per heavy atom. The molecule has 0 aliphatic carbocycles. The lowest BCUT2D eigenvalue weighted by Gasteiger charge is -2.16. The van der Waals surface area contributed by atoms with E-state index in [-0.39, 0.29) is 26.3 Å². The van der Waals surface area contributed by atoms with Crippen LogP contribution in [0.2, 0.25) is 0 Å². The van der Waals surface area contributed by atoms with Gasteiger partial charge in [-0.1, -0.05) is 13.2 Å².